The first kappa shape index (κ1) is 7.16. The van der Waals surface area contributed by atoms with Crippen LogP contribution in [0.4, 0.5) is 5.69 Å². The Balaban J connectivity index is 2.94. The van der Waals surface area contributed by atoms with Gasteiger partial charge in [0.25, 0.3) is 0 Å². The number of oxazole rings is 1. The van der Waals surface area contributed by atoms with Crippen molar-refractivity contribution in [2.75, 3.05) is 5.73 Å². The van der Waals surface area contributed by atoms with Gasteiger partial charge < -0.3 is 10.2 Å². The second kappa shape index (κ2) is 2.24. The Hall–Kier alpha value is -1.51. The lowest BCUT2D eigenvalue weighted by Gasteiger charge is -2.02. The van der Waals surface area contributed by atoms with Gasteiger partial charge in [-0.2, -0.15) is 0 Å². The quantitative estimate of drug-likeness (QED) is 0.603. The van der Waals surface area contributed by atoms with Crippen LogP contribution < -0.4 is 5.73 Å². The first-order chi connectivity index (χ1) is 5.70. The lowest BCUT2D eigenvalue weighted by Crippen LogP contribution is -1.93. The molecule has 1 aromatic heterocycles. The Morgan fingerprint density at radius 2 is 2.17 bits per heavy atom. The van der Waals surface area contributed by atoms with Crippen molar-refractivity contribution in [3.63, 3.8) is 0 Å². The number of aryl methyl sites for hydroxylation is 2. The molecular weight excluding hydrogens is 152 g/mol. The van der Waals surface area contributed by atoms with Crippen LogP contribution in [0.5, 0.6) is 0 Å². The van der Waals surface area contributed by atoms with Crippen LogP contribution in [-0.4, -0.2) is 4.98 Å². The van der Waals surface area contributed by atoms with E-state index in [-0.39, 0.29) is 0 Å². The average molecular weight is 162 g/mol. The van der Waals surface area contributed by atoms with E-state index < -0.39 is 0 Å². The molecular formula is C9H10N2O. The highest BCUT2D eigenvalue weighted by atomic mass is 16.3. The van der Waals surface area contributed by atoms with Crippen LogP contribution in [0, 0.1) is 13.8 Å². The fourth-order valence-corrected chi connectivity index (χ4v) is 1.34. The van der Waals surface area contributed by atoms with Crippen LogP contribution >= 0.6 is 0 Å². The minimum absolute atomic E-state index is 0.802. The normalized spacial score (nSPS) is 10.8. The van der Waals surface area contributed by atoms with E-state index in [1.165, 1.54) is 6.39 Å². The molecule has 2 N–H and O–H groups in total. The number of nitrogens with two attached hydrogens (primary N) is 1. The van der Waals surface area contributed by atoms with Crippen LogP contribution in [0.2, 0.25) is 0 Å². The fourth-order valence-electron chi connectivity index (χ4n) is 1.34. The molecule has 0 bridgehead atoms. The van der Waals surface area contributed by atoms with Crippen molar-refractivity contribution in [1.29, 1.82) is 0 Å². The minimum atomic E-state index is 0.802. The number of hydrogen-bond donors (Lipinski definition) is 1. The first-order valence-electron chi connectivity index (χ1n) is 3.79. The molecule has 0 aliphatic rings. The van der Waals surface area contributed by atoms with Gasteiger partial charge in [-0.15, -0.1) is 0 Å². The second-order valence-corrected chi connectivity index (χ2v) is 2.93. The molecule has 0 saturated heterocycles. The summed E-state index contributed by atoms with van der Waals surface area (Å²) in [6, 6.07) is 1.91. The van der Waals surface area contributed by atoms with E-state index in [0.717, 1.165) is 27.9 Å². The van der Waals surface area contributed by atoms with Gasteiger partial charge in [0, 0.05) is 11.3 Å². The molecule has 2 rings (SSSR count). The third-order valence-corrected chi connectivity index (χ3v) is 2.13. The van der Waals surface area contributed by atoms with Gasteiger partial charge in [0.15, 0.2) is 12.0 Å². The average Bonchev–Trinajstić information content (AvgIpc) is 2.48. The Morgan fingerprint density at radius 3 is 2.92 bits per heavy atom. The number of aromatic nitrogens is 1. The van der Waals surface area contributed by atoms with Crippen LogP contribution in [0.25, 0.3) is 11.1 Å². The zero-order valence-corrected chi connectivity index (χ0v) is 7.09. The highest BCUT2D eigenvalue weighted by Crippen LogP contribution is 2.25. The maximum atomic E-state index is 5.83. The molecule has 0 fully saturated rings. The molecule has 2 aromatic rings. The second-order valence-electron chi connectivity index (χ2n) is 2.93. The molecule has 0 aliphatic heterocycles. The highest BCUT2D eigenvalue weighted by molar-refractivity contribution is 5.83. The summed E-state index contributed by atoms with van der Waals surface area (Å²) < 4.78 is 5.17. The molecule has 0 aliphatic carbocycles. The molecule has 62 valence electrons. The summed E-state index contributed by atoms with van der Waals surface area (Å²) >= 11 is 0. The van der Waals surface area contributed by atoms with E-state index in [1.807, 2.05) is 19.9 Å². The lowest BCUT2D eigenvalue weighted by molar-refractivity contribution is 0.602. The summed E-state index contributed by atoms with van der Waals surface area (Å²) in [7, 11) is 0. The maximum absolute atomic E-state index is 5.83. The molecule has 0 unspecified atom stereocenters. The minimum Gasteiger partial charge on any atom is -0.443 e. The number of anilines is 1. The van der Waals surface area contributed by atoms with E-state index in [2.05, 4.69) is 4.98 Å². The molecule has 0 saturated carbocycles. The van der Waals surface area contributed by atoms with Crippen molar-refractivity contribution in [2.45, 2.75) is 13.8 Å². The number of nitrogen functional groups attached to an aromatic ring is 1. The van der Waals surface area contributed by atoms with Gasteiger partial charge in [-0.3, -0.25) is 0 Å². The van der Waals surface area contributed by atoms with Crippen molar-refractivity contribution in [2.24, 2.45) is 0 Å². The van der Waals surface area contributed by atoms with Gasteiger partial charge in [-0.1, -0.05) is 0 Å². The Morgan fingerprint density at radius 1 is 1.42 bits per heavy atom. The maximum Gasteiger partial charge on any atom is 0.181 e. The van der Waals surface area contributed by atoms with Crippen LogP contribution in [-0.2, 0) is 0 Å². The van der Waals surface area contributed by atoms with E-state index in [4.69, 9.17) is 10.2 Å². The van der Waals surface area contributed by atoms with Crippen LogP contribution in [0.15, 0.2) is 16.9 Å². The number of benzene rings is 1. The lowest BCUT2D eigenvalue weighted by atomic mass is 10.1. The topological polar surface area (TPSA) is 52.0 Å². The molecule has 12 heavy (non-hydrogen) atoms. The zero-order chi connectivity index (χ0) is 8.72. The smallest absolute Gasteiger partial charge is 0.181 e. The predicted molar refractivity (Wildman–Crippen MR) is 47.9 cm³/mol. The number of rotatable bonds is 0. The van der Waals surface area contributed by atoms with Gasteiger partial charge in [0.2, 0.25) is 0 Å². The Labute approximate surface area is 70.2 Å². The Kier molecular flexibility index (Phi) is 1.33. The molecule has 0 spiro atoms. The van der Waals surface area contributed by atoms with Crippen molar-refractivity contribution >= 4 is 16.8 Å². The molecule has 1 aromatic carbocycles. The Bertz CT molecular complexity index is 431. The van der Waals surface area contributed by atoms with Crippen molar-refractivity contribution in [3.05, 3.63) is 23.6 Å². The molecule has 0 amide bonds. The summed E-state index contributed by atoms with van der Waals surface area (Å²) in [5, 5.41) is 0. The van der Waals surface area contributed by atoms with Crippen molar-refractivity contribution in [1.82, 2.24) is 4.98 Å². The summed E-state index contributed by atoms with van der Waals surface area (Å²) in [5.41, 5.74) is 10.3. The molecule has 0 radical (unpaired) electrons. The van der Waals surface area contributed by atoms with Crippen LogP contribution in [0.3, 0.4) is 0 Å². The van der Waals surface area contributed by atoms with E-state index in [9.17, 15) is 0 Å². The molecule has 3 heteroatoms. The SMILES string of the molecule is Cc1cc2ocnc2c(C)c1N. The van der Waals surface area contributed by atoms with E-state index >= 15 is 0 Å². The zero-order valence-electron chi connectivity index (χ0n) is 7.09. The highest BCUT2D eigenvalue weighted by Gasteiger charge is 2.07. The standard InChI is InChI=1S/C9H10N2O/c1-5-3-7-9(11-4-12-7)6(2)8(5)10/h3-4H,10H2,1-2H3. The van der Waals surface area contributed by atoms with E-state index in [0.29, 0.717) is 0 Å². The summed E-state index contributed by atoms with van der Waals surface area (Å²) in [6.45, 7) is 3.91. The van der Waals surface area contributed by atoms with Gasteiger partial charge >= 0.3 is 0 Å². The molecule has 0 atom stereocenters. The van der Waals surface area contributed by atoms with Gasteiger partial charge in [0.05, 0.1) is 0 Å². The molecule has 3 nitrogen and oxygen atoms in total. The monoisotopic (exact) mass is 162 g/mol. The summed E-state index contributed by atoms with van der Waals surface area (Å²) in [5.74, 6) is 0. The number of fused-ring (bicyclic) bond motifs is 1. The fraction of sp³-hybridized carbons (Fsp3) is 0.222. The largest absolute Gasteiger partial charge is 0.443 e. The summed E-state index contributed by atoms with van der Waals surface area (Å²) in [6.07, 6.45) is 1.44. The number of nitrogens with zero attached hydrogens (tertiary/aromatic N) is 1. The van der Waals surface area contributed by atoms with Gasteiger partial charge in [0.1, 0.15) is 5.52 Å². The first-order valence-corrected chi connectivity index (χ1v) is 3.79. The van der Waals surface area contributed by atoms with Crippen LogP contribution in [0.1, 0.15) is 11.1 Å². The predicted octanol–water partition coefficient (Wildman–Crippen LogP) is 2.03. The van der Waals surface area contributed by atoms with Gasteiger partial charge in [-0.25, -0.2) is 4.98 Å². The third-order valence-electron chi connectivity index (χ3n) is 2.13. The van der Waals surface area contributed by atoms with Crippen molar-refractivity contribution < 1.29 is 4.42 Å². The number of hydrogen-bond acceptors (Lipinski definition) is 3. The van der Waals surface area contributed by atoms with Gasteiger partial charge in [-0.05, 0) is 25.5 Å². The summed E-state index contributed by atoms with van der Waals surface area (Å²) in [4.78, 5) is 4.07. The molecule has 1 heterocycles. The van der Waals surface area contributed by atoms with Crippen molar-refractivity contribution in [3.8, 4) is 0 Å². The third kappa shape index (κ3) is 0.794. The van der Waals surface area contributed by atoms with E-state index in [1.54, 1.807) is 0 Å².